The van der Waals surface area contributed by atoms with Gasteiger partial charge in [0, 0.05) is 34.9 Å². The van der Waals surface area contributed by atoms with Gasteiger partial charge in [0.05, 0.1) is 18.4 Å². The van der Waals surface area contributed by atoms with Crippen molar-refractivity contribution in [3.05, 3.63) is 143 Å². The maximum atomic E-state index is 13.6. The molecule has 5 aromatic rings. The zero-order chi connectivity index (χ0) is 27.2. The maximum Gasteiger partial charge on any atom is 0.253 e. The summed E-state index contributed by atoms with van der Waals surface area (Å²) in [6, 6.07) is 38.4. The Kier molecular flexibility index (Phi) is 8.14. The molecule has 0 unspecified atom stereocenters. The fourth-order valence-corrected chi connectivity index (χ4v) is 5.20. The largest absolute Gasteiger partial charge is 0.497 e. The third-order valence-corrected chi connectivity index (χ3v) is 7.32. The number of hydrogen-bond acceptors (Lipinski definition) is 2. The molecule has 0 saturated carbocycles. The number of carbonyl (C=O) groups excluding carboxylic acids is 1. The molecule has 0 aliphatic carbocycles. The lowest BCUT2D eigenvalue weighted by molar-refractivity contribution is 0.0952. The van der Waals surface area contributed by atoms with Crippen LogP contribution in [-0.2, 0) is 0 Å². The first kappa shape index (κ1) is 26.3. The lowest BCUT2D eigenvalue weighted by Crippen LogP contribution is -2.26. The maximum absolute atomic E-state index is 13.6. The fraction of sp³-hybridized carbons (Fsp3) is 0.147. The number of benzene rings is 4. The van der Waals surface area contributed by atoms with E-state index in [2.05, 4.69) is 58.4 Å². The van der Waals surface area contributed by atoms with Crippen LogP contribution in [0.15, 0.2) is 115 Å². The molecule has 1 amide bonds. The van der Waals surface area contributed by atoms with Crippen LogP contribution in [0.3, 0.4) is 0 Å². The van der Waals surface area contributed by atoms with Crippen molar-refractivity contribution in [1.82, 2.24) is 9.88 Å². The van der Waals surface area contributed by atoms with Gasteiger partial charge in [-0.2, -0.15) is 0 Å². The molecule has 0 saturated heterocycles. The highest BCUT2D eigenvalue weighted by molar-refractivity contribution is 6.30. The third-order valence-electron chi connectivity index (χ3n) is 7.07. The summed E-state index contributed by atoms with van der Waals surface area (Å²) in [5, 5.41) is 3.85. The number of halogens is 1. The second-order valence-corrected chi connectivity index (χ2v) is 9.93. The number of ether oxygens (including phenoxy) is 1. The van der Waals surface area contributed by atoms with Gasteiger partial charge in [0.15, 0.2) is 0 Å². The number of carbonyl (C=O) groups is 1. The molecule has 0 radical (unpaired) electrons. The summed E-state index contributed by atoms with van der Waals surface area (Å²) in [7, 11) is 1.65. The first-order valence-electron chi connectivity index (χ1n) is 13.1. The number of aromatic nitrogens is 1. The van der Waals surface area contributed by atoms with Crippen molar-refractivity contribution < 1.29 is 9.53 Å². The predicted octanol–water partition coefficient (Wildman–Crippen LogP) is 8.07. The Bertz CT molecular complexity index is 1500. The highest BCUT2D eigenvalue weighted by Crippen LogP contribution is 2.32. The molecule has 5 rings (SSSR count). The topological polar surface area (TPSA) is 43.3 Å². The Morgan fingerprint density at radius 3 is 2.10 bits per heavy atom. The van der Waals surface area contributed by atoms with Crippen molar-refractivity contribution in [3.8, 4) is 22.7 Å². The summed E-state index contributed by atoms with van der Waals surface area (Å²) >= 11 is 6.17. The van der Waals surface area contributed by atoms with Gasteiger partial charge in [-0.25, -0.2) is 0 Å². The average molecular weight is 535 g/mol. The van der Waals surface area contributed by atoms with Gasteiger partial charge in [-0.05, 0) is 60.4 Å². The van der Waals surface area contributed by atoms with Crippen LogP contribution < -0.4 is 10.1 Å². The lowest BCUT2D eigenvalue weighted by Gasteiger charge is -2.18. The molecule has 0 fully saturated rings. The van der Waals surface area contributed by atoms with Crippen molar-refractivity contribution in [2.45, 2.75) is 19.3 Å². The molecule has 1 heterocycles. The number of hydrogen-bond donors (Lipinski definition) is 1. The van der Waals surface area contributed by atoms with Gasteiger partial charge in [-0.1, -0.05) is 90.5 Å². The monoisotopic (exact) mass is 534 g/mol. The number of nitrogens with one attached hydrogen (secondary N) is 1. The number of rotatable bonds is 9. The standard InChI is InChI=1S/C34H31ClN2O2/c1-24-32(34(38)36-21-20-31(25-10-5-3-6-11-25)26-12-7-4-8-13-26)23-33(27-16-18-28(35)19-17-27)37(24)29-14-9-15-30(22-29)39-2/h3-19,22-23,31H,20-21H2,1-2H3,(H,36,38). The van der Waals surface area contributed by atoms with E-state index in [1.807, 2.05) is 73.7 Å². The van der Waals surface area contributed by atoms with Crippen LogP contribution >= 0.6 is 11.6 Å². The summed E-state index contributed by atoms with van der Waals surface area (Å²) in [6.07, 6.45) is 0.791. The summed E-state index contributed by atoms with van der Waals surface area (Å²) in [6.45, 7) is 2.53. The Hall–Kier alpha value is -4.28. The van der Waals surface area contributed by atoms with Gasteiger partial charge < -0.3 is 14.6 Å². The minimum atomic E-state index is -0.0933. The lowest BCUT2D eigenvalue weighted by atomic mass is 9.88. The van der Waals surface area contributed by atoms with Crippen molar-refractivity contribution in [2.24, 2.45) is 0 Å². The molecule has 0 spiro atoms. The summed E-state index contributed by atoms with van der Waals surface area (Å²) in [5.41, 5.74) is 6.77. The first-order valence-corrected chi connectivity index (χ1v) is 13.4. The second-order valence-electron chi connectivity index (χ2n) is 9.49. The molecular formula is C34H31ClN2O2. The zero-order valence-electron chi connectivity index (χ0n) is 22.1. The van der Waals surface area contributed by atoms with Gasteiger partial charge in [-0.15, -0.1) is 0 Å². The molecule has 4 nitrogen and oxygen atoms in total. The average Bonchev–Trinajstić information content (AvgIpc) is 3.33. The van der Waals surface area contributed by atoms with Gasteiger partial charge in [0.2, 0.25) is 0 Å². The van der Waals surface area contributed by atoms with E-state index in [9.17, 15) is 4.79 Å². The fourth-order valence-electron chi connectivity index (χ4n) is 5.07. The summed E-state index contributed by atoms with van der Waals surface area (Å²) in [4.78, 5) is 13.6. The van der Waals surface area contributed by atoms with Crippen LogP contribution in [0.2, 0.25) is 5.02 Å². The number of amides is 1. The Morgan fingerprint density at radius 1 is 0.846 bits per heavy atom. The van der Waals surface area contributed by atoms with E-state index >= 15 is 0 Å². The van der Waals surface area contributed by atoms with E-state index in [1.165, 1.54) is 11.1 Å². The molecule has 4 aromatic carbocycles. The molecule has 0 aliphatic heterocycles. The van der Waals surface area contributed by atoms with Crippen LogP contribution in [0.1, 0.15) is 39.5 Å². The SMILES string of the molecule is COc1cccc(-n2c(-c3ccc(Cl)cc3)cc(C(=O)NCCC(c3ccccc3)c3ccccc3)c2C)c1. The van der Waals surface area contributed by atoms with E-state index in [0.717, 1.165) is 34.8 Å². The third kappa shape index (κ3) is 5.92. The van der Waals surface area contributed by atoms with Crippen LogP contribution in [-0.4, -0.2) is 24.1 Å². The van der Waals surface area contributed by atoms with Crippen molar-refractivity contribution in [1.29, 1.82) is 0 Å². The van der Waals surface area contributed by atoms with Gasteiger partial charge in [0.25, 0.3) is 5.91 Å². The van der Waals surface area contributed by atoms with E-state index in [-0.39, 0.29) is 11.8 Å². The van der Waals surface area contributed by atoms with Crippen molar-refractivity contribution in [3.63, 3.8) is 0 Å². The Balaban J connectivity index is 1.43. The predicted molar refractivity (Wildman–Crippen MR) is 159 cm³/mol. The minimum Gasteiger partial charge on any atom is -0.497 e. The number of nitrogens with zero attached hydrogens (tertiary/aromatic N) is 1. The van der Waals surface area contributed by atoms with Gasteiger partial charge >= 0.3 is 0 Å². The smallest absolute Gasteiger partial charge is 0.253 e. The highest BCUT2D eigenvalue weighted by Gasteiger charge is 2.21. The Labute approximate surface area is 234 Å². The van der Waals surface area contributed by atoms with Crippen molar-refractivity contribution in [2.75, 3.05) is 13.7 Å². The zero-order valence-corrected chi connectivity index (χ0v) is 22.9. The molecule has 39 heavy (non-hydrogen) atoms. The molecule has 1 N–H and O–H groups in total. The van der Waals surface area contributed by atoms with Gasteiger partial charge in [0.1, 0.15) is 5.75 Å². The molecule has 196 valence electrons. The van der Waals surface area contributed by atoms with Gasteiger partial charge in [-0.3, -0.25) is 4.79 Å². The quantitative estimate of drug-likeness (QED) is 0.208. The molecule has 5 heteroatoms. The molecule has 0 atom stereocenters. The summed E-state index contributed by atoms with van der Waals surface area (Å²) in [5.74, 6) is 0.852. The first-order chi connectivity index (χ1) is 19.0. The summed E-state index contributed by atoms with van der Waals surface area (Å²) < 4.78 is 7.56. The molecule has 1 aromatic heterocycles. The highest BCUT2D eigenvalue weighted by atomic mass is 35.5. The van der Waals surface area contributed by atoms with E-state index in [1.54, 1.807) is 7.11 Å². The number of methoxy groups -OCH3 is 1. The second kappa shape index (κ2) is 12.1. The van der Waals surface area contributed by atoms with Crippen LogP contribution in [0.4, 0.5) is 0 Å². The molecule has 0 bridgehead atoms. The van der Waals surface area contributed by atoms with Crippen LogP contribution in [0.25, 0.3) is 16.9 Å². The van der Waals surface area contributed by atoms with Crippen molar-refractivity contribution >= 4 is 17.5 Å². The minimum absolute atomic E-state index is 0.0933. The molecular weight excluding hydrogens is 504 g/mol. The van der Waals surface area contributed by atoms with E-state index < -0.39 is 0 Å². The molecule has 0 aliphatic rings. The van der Waals surface area contributed by atoms with E-state index in [4.69, 9.17) is 16.3 Å². The van der Waals surface area contributed by atoms with E-state index in [0.29, 0.717) is 17.1 Å². The normalized spacial score (nSPS) is 11.0. The van der Waals surface area contributed by atoms with Crippen LogP contribution in [0, 0.1) is 6.92 Å². The van der Waals surface area contributed by atoms with Crippen LogP contribution in [0.5, 0.6) is 5.75 Å². The Morgan fingerprint density at radius 2 is 1.49 bits per heavy atom.